The molecule has 0 saturated heterocycles. The van der Waals surface area contributed by atoms with E-state index in [1.807, 2.05) is 11.8 Å². The maximum absolute atomic E-state index is 14.7. The summed E-state index contributed by atoms with van der Waals surface area (Å²) in [6, 6.07) is 11.7. The van der Waals surface area contributed by atoms with Crippen LogP contribution in [0.15, 0.2) is 55.1 Å². The lowest BCUT2D eigenvalue weighted by atomic mass is 9.92. The van der Waals surface area contributed by atoms with Gasteiger partial charge in [-0.3, -0.25) is 0 Å². The molecule has 0 bridgehead atoms. The van der Waals surface area contributed by atoms with Gasteiger partial charge in [0.05, 0.1) is 13.1 Å². The van der Waals surface area contributed by atoms with Gasteiger partial charge in [-0.25, -0.2) is 18.4 Å². The number of benzene rings is 2. The summed E-state index contributed by atoms with van der Waals surface area (Å²) in [6.07, 6.45) is 4.72. The molecule has 1 heterocycles. The molecule has 0 aliphatic heterocycles. The van der Waals surface area contributed by atoms with E-state index in [-0.39, 0.29) is 24.7 Å². The molecule has 1 unspecified atom stereocenters. The van der Waals surface area contributed by atoms with Crippen molar-refractivity contribution in [1.29, 1.82) is 0 Å². The highest BCUT2D eigenvalue weighted by atomic mass is 32.2. The Morgan fingerprint density at radius 1 is 1.25 bits per heavy atom. The second kappa shape index (κ2) is 9.64. The maximum Gasteiger partial charge on any atom is 0.137 e. The van der Waals surface area contributed by atoms with Gasteiger partial charge in [-0.1, -0.05) is 59.9 Å². The molecule has 0 spiro atoms. The van der Waals surface area contributed by atoms with Crippen LogP contribution in [0.3, 0.4) is 0 Å². The number of aromatic nitrogens is 3. The highest BCUT2D eigenvalue weighted by molar-refractivity contribution is 8.22. The largest absolute Gasteiger partial charge is 0.381 e. The van der Waals surface area contributed by atoms with Gasteiger partial charge >= 0.3 is 0 Å². The number of aryl methyl sites for hydroxylation is 1. The van der Waals surface area contributed by atoms with E-state index in [9.17, 15) is 13.9 Å². The van der Waals surface area contributed by atoms with E-state index in [4.69, 9.17) is 12.2 Å². The maximum atomic E-state index is 14.7. The average Bonchev–Trinajstić information content (AvgIpc) is 3.48. The number of thioether (sulfide) groups is 1. The minimum atomic E-state index is -1.68. The minimum Gasteiger partial charge on any atom is -0.381 e. The zero-order chi connectivity index (χ0) is 22.7. The third kappa shape index (κ3) is 5.51. The van der Waals surface area contributed by atoms with Crippen LogP contribution in [0.5, 0.6) is 0 Å². The van der Waals surface area contributed by atoms with Crippen LogP contribution in [0, 0.1) is 18.6 Å². The smallest absolute Gasteiger partial charge is 0.137 e. The fraction of sp³-hybridized carbons (Fsp3) is 0.348. The van der Waals surface area contributed by atoms with Crippen LogP contribution >= 0.6 is 24.0 Å². The summed E-state index contributed by atoms with van der Waals surface area (Å²) in [6.45, 7) is 2.07. The highest BCUT2D eigenvalue weighted by Crippen LogP contribution is 2.36. The lowest BCUT2D eigenvalue weighted by Gasteiger charge is -2.36. The third-order valence-electron chi connectivity index (χ3n) is 5.46. The van der Waals surface area contributed by atoms with Crippen LogP contribution in [0.2, 0.25) is 0 Å². The standard InChI is InChI=1S/C23H24F2N4OS2/c1-16-2-4-17(5-3-16)11-32-22(31)29(19-7-8-19)13-23(30,12-28-15-26-14-27-28)20-9-6-18(24)10-21(20)25/h2-6,9-10,14-15,19,30H,7-8,11-13H2,1H3. The minimum absolute atomic E-state index is 0.00591. The van der Waals surface area contributed by atoms with E-state index >= 15 is 0 Å². The lowest BCUT2D eigenvalue weighted by Crippen LogP contribution is -2.46. The van der Waals surface area contributed by atoms with Crippen LogP contribution < -0.4 is 0 Å². The molecular weight excluding hydrogens is 450 g/mol. The normalized spacial score (nSPS) is 15.4. The molecule has 1 N–H and O–H groups in total. The molecule has 0 amide bonds. The number of hydrogen-bond donors (Lipinski definition) is 1. The molecular formula is C23H24F2N4OS2. The predicted molar refractivity (Wildman–Crippen MR) is 125 cm³/mol. The SMILES string of the molecule is Cc1ccc(CSC(=S)N(CC(O)(Cn2cncn2)c2ccc(F)cc2F)C2CC2)cc1. The van der Waals surface area contributed by atoms with Gasteiger partial charge in [-0.2, -0.15) is 5.10 Å². The van der Waals surface area contributed by atoms with Crippen molar-refractivity contribution in [2.24, 2.45) is 0 Å². The third-order valence-corrected chi connectivity index (χ3v) is 7.01. The first-order chi connectivity index (χ1) is 15.3. The molecule has 1 aliphatic rings. The molecule has 3 aromatic rings. The van der Waals surface area contributed by atoms with Gasteiger partial charge < -0.3 is 10.0 Å². The molecule has 1 atom stereocenters. The van der Waals surface area contributed by atoms with Crippen molar-refractivity contribution in [3.05, 3.63) is 83.4 Å². The van der Waals surface area contributed by atoms with Gasteiger partial charge in [0.1, 0.15) is 34.2 Å². The van der Waals surface area contributed by atoms with Crippen molar-refractivity contribution < 1.29 is 13.9 Å². The second-order valence-electron chi connectivity index (χ2n) is 8.15. The van der Waals surface area contributed by atoms with Crippen molar-refractivity contribution in [2.75, 3.05) is 6.54 Å². The summed E-state index contributed by atoms with van der Waals surface area (Å²) in [5.74, 6) is -0.798. The van der Waals surface area contributed by atoms with Gasteiger partial charge in [0.15, 0.2) is 0 Å². The summed E-state index contributed by atoms with van der Waals surface area (Å²) in [4.78, 5) is 5.88. The fourth-order valence-electron chi connectivity index (χ4n) is 3.59. The number of aliphatic hydroxyl groups is 1. The van der Waals surface area contributed by atoms with Crippen LogP contribution in [0.4, 0.5) is 8.78 Å². The number of rotatable bonds is 8. The predicted octanol–water partition coefficient (Wildman–Crippen LogP) is 4.44. The van der Waals surface area contributed by atoms with Crippen molar-refractivity contribution in [3.63, 3.8) is 0 Å². The monoisotopic (exact) mass is 474 g/mol. The first-order valence-corrected chi connectivity index (χ1v) is 11.7. The Morgan fingerprint density at radius 3 is 2.62 bits per heavy atom. The van der Waals surface area contributed by atoms with Gasteiger partial charge in [-0.15, -0.1) is 0 Å². The molecule has 1 aliphatic carbocycles. The quantitative estimate of drug-likeness (QED) is 0.488. The topological polar surface area (TPSA) is 54.2 Å². The molecule has 1 fully saturated rings. The fourth-order valence-corrected chi connectivity index (χ4v) is 4.85. The van der Waals surface area contributed by atoms with Crippen molar-refractivity contribution in [3.8, 4) is 0 Å². The van der Waals surface area contributed by atoms with Crippen molar-refractivity contribution in [1.82, 2.24) is 19.7 Å². The number of hydrogen-bond acceptors (Lipinski definition) is 5. The van der Waals surface area contributed by atoms with Gasteiger partial charge in [0, 0.05) is 23.4 Å². The van der Waals surface area contributed by atoms with Crippen LogP contribution in [0.25, 0.3) is 0 Å². The van der Waals surface area contributed by atoms with E-state index in [0.29, 0.717) is 10.1 Å². The number of halogens is 2. The second-order valence-corrected chi connectivity index (χ2v) is 9.76. The molecule has 1 aromatic heterocycles. The Morgan fingerprint density at radius 2 is 2.00 bits per heavy atom. The van der Waals surface area contributed by atoms with Crippen LogP contribution in [-0.4, -0.2) is 41.7 Å². The Balaban J connectivity index is 1.56. The molecule has 1 saturated carbocycles. The lowest BCUT2D eigenvalue weighted by molar-refractivity contribution is -0.00746. The summed E-state index contributed by atoms with van der Waals surface area (Å²) in [5, 5.41) is 15.7. The summed E-state index contributed by atoms with van der Waals surface area (Å²) in [5.41, 5.74) is 0.677. The van der Waals surface area contributed by atoms with Crippen molar-refractivity contribution in [2.45, 2.75) is 43.7 Å². The highest BCUT2D eigenvalue weighted by Gasteiger charge is 2.41. The van der Waals surface area contributed by atoms with Crippen LogP contribution in [-0.2, 0) is 17.9 Å². The zero-order valence-corrected chi connectivity index (χ0v) is 19.3. The van der Waals surface area contributed by atoms with E-state index in [2.05, 4.69) is 34.3 Å². The molecule has 5 nitrogen and oxygen atoms in total. The summed E-state index contributed by atoms with van der Waals surface area (Å²) < 4.78 is 30.4. The van der Waals surface area contributed by atoms with Gasteiger partial charge in [-0.05, 0) is 31.4 Å². The Bertz CT molecular complexity index is 1070. The number of thiocarbonyl (C=S) groups is 1. The van der Waals surface area contributed by atoms with Gasteiger partial charge in [0.25, 0.3) is 0 Å². The zero-order valence-electron chi connectivity index (χ0n) is 17.6. The summed E-state index contributed by atoms with van der Waals surface area (Å²) >= 11 is 7.25. The Labute approximate surface area is 195 Å². The Kier molecular flexibility index (Phi) is 6.88. The van der Waals surface area contributed by atoms with E-state index in [0.717, 1.165) is 30.5 Å². The molecule has 2 aromatic carbocycles. The molecule has 9 heteroatoms. The molecule has 168 valence electrons. The van der Waals surface area contributed by atoms with Gasteiger partial charge in [0.2, 0.25) is 0 Å². The molecule has 0 radical (unpaired) electrons. The number of nitrogens with zero attached hydrogens (tertiary/aromatic N) is 4. The van der Waals surface area contributed by atoms with E-state index < -0.39 is 17.2 Å². The average molecular weight is 475 g/mol. The first-order valence-electron chi connectivity index (χ1n) is 10.3. The van der Waals surface area contributed by atoms with Crippen LogP contribution in [0.1, 0.15) is 29.5 Å². The van der Waals surface area contributed by atoms with E-state index in [1.54, 1.807) is 0 Å². The van der Waals surface area contributed by atoms with Crippen molar-refractivity contribution >= 4 is 28.3 Å². The molecule has 4 rings (SSSR count). The van der Waals surface area contributed by atoms with E-state index in [1.165, 1.54) is 40.7 Å². The molecule has 32 heavy (non-hydrogen) atoms. The Hall–Kier alpha value is -2.36. The first kappa shape index (κ1) is 22.8. The summed E-state index contributed by atoms with van der Waals surface area (Å²) in [7, 11) is 0.